The zero-order chi connectivity index (χ0) is 11.7. The maximum absolute atomic E-state index is 12.0. The molecule has 3 heteroatoms. The van der Waals surface area contributed by atoms with Crippen molar-refractivity contribution < 1.29 is 9.94 Å². The summed E-state index contributed by atoms with van der Waals surface area (Å²) in [5, 5.41) is 13.2. The minimum atomic E-state index is -0.457. The Kier molecular flexibility index (Phi) is 3.26. The van der Waals surface area contributed by atoms with Gasteiger partial charge in [0.05, 0.1) is 11.8 Å². The number of hydroxylamine groups is 2. The Morgan fingerprint density at radius 1 is 1.53 bits per heavy atom. The summed E-state index contributed by atoms with van der Waals surface area (Å²) in [7, 11) is 0. The highest BCUT2D eigenvalue weighted by atomic mass is 16.5. The molecule has 0 saturated heterocycles. The van der Waals surface area contributed by atoms with Gasteiger partial charge in [0.1, 0.15) is 6.61 Å². The summed E-state index contributed by atoms with van der Waals surface area (Å²) < 4.78 is 5.17. The first-order chi connectivity index (χ1) is 6.79. The molecule has 1 aliphatic heterocycles. The maximum Gasteiger partial charge on any atom is 0.109 e. The molecule has 0 saturated carbocycles. The molecule has 0 fully saturated rings. The van der Waals surface area contributed by atoms with Crippen molar-refractivity contribution in [3.63, 3.8) is 0 Å². The van der Waals surface area contributed by atoms with E-state index in [4.69, 9.17) is 4.74 Å². The molecular formula is C12H20NO2. The van der Waals surface area contributed by atoms with Crippen LogP contribution in [0.2, 0.25) is 0 Å². The Morgan fingerprint density at radius 3 is 2.60 bits per heavy atom. The zero-order valence-electron chi connectivity index (χ0n) is 10.0. The number of hydrogen-bond donors (Lipinski definition) is 0. The predicted molar refractivity (Wildman–Crippen MR) is 59.5 cm³/mol. The van der Waals surface area contributed by atoms with E-state index in [0.717, 1.165) is 17.1 Å². The molecular weight excluding hydrogens is 190 g/mol. The summed E-state index contributed by atoms with van der Waals surface area (Å²) in [6.07, 6.45) is 4.17. The van der Waals surface area contributed by atoms with Gasteiger partial charge in [0.2, 0.25) is 0 Å². The summed E-state index contributed by atoms with van der Waals surface area (Å²) in [5.74, 6) is 0. The van der Waals surface area contributed by atoms with Crippen LogP contribution in [0.1, 0.15) is 34.1 Å². The van der Waals surface area contributed by atoms with E-state index >= 15 is 0 Å². The first-order valence-electron chi connectivity index (χ1n) is 5.20. The van der Waals surface area contributed by atoms with Gasteiger partial charge in [-0.2, -0.15) is 0 Å². The van der Waals surface area contributed by atoms with E-state index in [9.17, 15) is 5.21 Å². The van der Waals surface area contributed by atoms with Crippen LogP contribution in [0.4, 0.5) is 0 Å². The third-order valence-corrected chi connectivity index (χ3v) is 2.68. The molecule has 0 N–H and O–H groups in total. The van der Waals surface area contributed by atoms with E-state index in [1.807, 2.05) is 33.8 Å². The molecule has 0 aromatic carbocycles. The molecule has 0 unspecified atom stereocenters. The van der Waals surface area contributed by atoms with E-state index < -0.39 is 5.54 Å². The van der Waals surface area contributed by atoms with Gasteiger partial charge in [0, 0.05) is 5.54 Å². The highest BCUT2D eigenvalue weighted by Crippen LogP contribution is 2.35. The molecule has 15 heavy (non-hydrogen) atoms. The predicted octanol–water partition coefficient (Wildman–Crippen LogP) is 2.68. The quantitative estimate of drug-likeness (QED) is 0.530. The van der Waals surface area contributed by atoms with E-state index in [0.29, 0.717) is 6.61 Å². The molecule has 85 valence electrons. The topological polar surface area (TPSA) is 32.4 Å². The van der Waals surface area contributed by atoms with Gasteiger partial charge < -0.3 is 4.74 Å². The smallest absolute Gasteiger partial charge is 0.109 e. The molecule has 0 amide bonds. The Hall–Kier alpha value is -0.800. The Balaban J connectivity index is 2.88. The second-order valence-corrected chi connectivity index (χ2v) is 5.22. The lowest BCUT2D eigenvalue weighted by Gasteiger charge is -2.45. The molecule has 0 bridgehead atoms. The lowest BCUT2D eigenvalue weighted by Crippen LogP contribution is -2.54. The summed E-state index contributed by atoms with van der Waals surface area (Å²) in [6, 6.07) is 0. The van der Waals surface area contributed by atoms with Crippen molar-refractivity contribution in [2.75, 3.05) is 6.61 Å². The van der Waals surface area contributed by atoms with Crippen LogP contribution < -0.4 is 0 Å². The largest absolute Gasteiger partial charge is 0.497 e. The molecule has 0 aromatic rings. The van der Waals surface area contributed by atoms with E-state index in [-0.39, 0.29) is 5.54 Å². The maximum atomic E-state index is 12.0. The monoisotopic (exact) mass is 210 g/mol. The van der Waals surface area contributed by atoms with Gasteiger partial charge in [-0.3, -0.25) is 0 Å². The standard InChI is InChI=1S/C12H20NO2/c1-6-15-9-10-7-11(2,3)13(14)12(4,5)8-10/h6-7H,1,8-9H2,2-5H3. The number of nitrogens with zero attached hydrogens (tertiary/aromatic N) is 1. The highest BCUT2D eigenvalue weighted by molar-refractivity contribution is 5.20. The van der Waals surface area contributed by atoms with Gasteiger partial charge in [-0.25, -0.2) is 0 Å². The Labute approximate surface area is 92.0 Å². The molecule has 0 aliphatic carbocycles. The molecule has 1 radical (unpaired) electrons. The van der Waals surface area contributed by atoms with Crippen LogP contribution in [-0.4, -0.2) is 22.7 Å². The van der Waals surface area contributed by atoms with Crippen molar-refractivity contribution in [1.29, 1.82) is 0 Å². The third-order valence-electron chi connectivity index (χ3n) is 2.68. The fourth-order valence-electron chi connectivity index (χ4n) is 2.28. The normalized spacial score (nSPS) is 24.5. The summed E-state index contributed by atoms with van der Waals surface area (Å²) in [5.41, 5.74) is 0.344. The highest BCUT2D eigenvalue weighted by Gasteiger charge is 2.41. The first-order valence-corrected chi connectivity index (χ1v) is 5.20. The Morgan fingerprint density at radius 2 is 2.13 bits per heavy atom. The Bertz CT molecular complexity index is 279. The first kappa shape index (κ1) is 12.3. The van der Waals surface area contributed by atoms with Crippen LogP contribution in [0.3, 0.4) is 0 Å². The van der Waals surface area contributed by atoms with Crippen molar-refractivity contribution in [3.8, 4) is 0 Å². The minimum Gasteiger partial charge on any atom is -0.497 e. The molecule has 1 aliphatic rings. The van der Waals surface area contributed by atoms with Gasteiger partial charge in [0.15, 0.2) is 0 Å². The molecule has 1 rings (SSSR count). The molecule has 0 spiro atoms. The van der Waals surface area contributed by atoms with Crippen molar-refractivity contribution in [3.05, 3.63) is 24.5 Å². The van der Waals surface area contributed by atoms with Crippen LogP contribution in [0, 0.1) is 0 Å². The van der Waals surface area contributed by atoms with Crippen LogP contribution in [0.15, 0.2) is 24.5 Å². The van der Waals surface area contributed by atoms with Gasteiger partial charge in [-0.15, -0.1) is 10.3 Å². The zero-order valence-corrected chi connectivity index (χ0v) is 10.0. The second-order valence-electron chi connectivity index (χ2n) is 5.22. The third kappa shape index (κ3) is 2.61. The summed E-state index contributed by atoms with van der Waals surface area (Å²) in [6.45, 7) is 11.8. The number of rotatable bonds is 3. The van der Waals surface area contributed by atoms with Crippen molar-refractivity contribution in [2.24, 2.45) is 0 Å². The van der Waals surface area contributed by atoms with Crippen molar-refractivity contribution in [1.82, 2.24) is 5.06 Å². The van der Waals surface area contributed by atoms with Crippen LogP contribution in [0.25, 0.3) is 0 Å². The molecule has 3 nitrogen and oxygen atoms in total. The fourth-order valence-corrected chi connectivity index (χ4v) is 2.28. The lowest BCUT2D eigenvalue weighted by molar-refractivity contribution is -0.263. The van der Waals surface area contributed by atoms with Gasteiger partial charge in [0.25, 0.3) is 0 Å². The fraction of sp³-hybridized carbons (Fsp3) is 0.667. The van der Waals surface area contributed by atoms with Crippen LogP contribution >= 0.6 is 0 Å². The number of hydrogen-bond acceptors (Lipinski definition) is 2. The number of ether oxygens (including phenoxy) is 1. The minimum absolute atomic E-state index is 0.363. The van der Waals surface area contributed by atoms with Crippen LogP contribution in [-0.2, 0) is 9.94 Å². The van der Waals surface area contributed by atoms with Gasteiger partial charge in [-0.05, 0) is 39.7 Å². The van der Waals surface area contributed by atoms with Gasteiger partial charge >= 0.3 is 0 Å². The van der Waals surface area contributed by atoms with Crippen molar-refractivity contribution in [2.45, 2.75) is 45.2 Å². The molecule has 0 aromatic heterocycles. The SMILES string of the molecule is C=COCC1=CC(C)(C)N([O])C(C)(C)C1. The lowest BCUT2D eigenvalue weighted by atomic mass is 9.83. The van der Waals surface area contributed by atoms with Gasteiger partial charge in [-0.1, -0.05) is 12.7 Å². The van der Waals surface area contributed by atoms with E-state index in [1.54, 1.807) is 0 Å². The second kappa shape index (κ2) is 3.99. The molecule has 1 heterocycles. The molecule has 0 atom stereocenters. The van der Waals surface area contributed by atoms with E-state index in [2.05, 4.69) is 6.58 Å². The van der Waals surface area contributed by atoms with Crippen LogP contribution in [0.5, 0.6) is 0 Å². The summed E-state index contributed by atoms with van der Waals surface area (Å²) in [4.78, 5) is 0. The van der Waals surface area contributed by atoms with Crippen molar-refractivity contribution >= 4 is 0 Å². The summed E-state index contributed by atoms with van der Waals surface area (Å²) >= 11 is 0. The average molecular weight is 210 g/mol. The van der Waals surface area contributed by atoms with E-state index in [1.165, 1.54) is 6.26 Å². The average Bonchev–Trinajstić information content (AvgIpc) is 2.10.